The summed E-state index contributed by atoms with van der Waals surface area (Å²) in [4.78, 5) is 11.2. The van der Waals surface area contributed by atoms with Crippen LogP contribution in [0.4, 0.5) is 0 Å². The number of carbonyl (C=O) groups is 1. The zero-order valence-electron chi connectivity index (χ0n) is 6.55. The van der Waals surface area contributed by atoms with Gasteiger partial charge in [0.15, 0.2) is 0 Å². The highest BCUT2D eigenvalue weighted by Gasteiger charge is 2.18. The van der Waals surface area contributed by atoms with E-state index in [0.717, 1.165) is 25.7 Å². The van der Waals surface area contributed by atoms with Crippen molar-refractivity contribution in [1.29, 1.82) is 0 Å². The Balaban J connectivity index is 2.50. The van der Waals surface area contributed by atoms with Crippen molar-refractivity contribution in [2.45, 2.75) is 25.7 Å². The molecule has 0 aliphatic heterocycles. The molecule has 0 radical (unpaired) electrons. The predicted molar refractivity (Wildman–Crippen MR) is 44.9 cm³/mol. The lowest BCUT2D eigenvalue weighted by Crippen LogP contribution is -2.16. The molecule has 1 aliphatic rings. The average Bonchev–Trinajstić information content (AvgIpc) is 2.03. The standard InChI is InChI=1S/C10H12O/c1-2-3-6-9-7-4-5-8-10(9)11/h1,3,6,9H,4-5,7-8H2. The summed E-state index contributed by atoms with van der Waals surface area (Å²) < 4.78 is 0. The van der Waals surface area contributed by atoms with E-state index in [1.807, 2.05) is 6.08 Å². The summed E-state index contributed by atoms with van der Waals surface area (Å²) in [6.45, 7) is 0. The fraction of sp³-hybridized carbons (Fsp3) is 0.500. The molecule has 58 valence electrons. The Morgan fingerprint density at radius 2 is 2.36 bits per heavy atom. The molecular weight excluding hydrogens is 136 g/mol. The third kappa shape index (κ3) is 2.23. The molecule has 0 spiro atoms. The van der Waals surface area contributed by atoms with Gasteiger partial charge in [0.1, 0.15) is 5.78 Å². The second-order valence-electron chi connectivity index (χ2n) is 2.84. The van der Waals surface area contributed by atoms with Gasteiger partial charge in [-0.25, -0.2) is 0 Å². The van der Waals surface area contributed by atoms with Crippen LogP contribution in [-0.4, -0.2) is 5.78 Å². The van der Waals surface area contributed by atoms with Crippen LogP contribution in [-0.2, 0) is 4.79 Å². The fourth-order valence-electron chi connectivity index (χ4n) is 1.39. The van der Waals surface area contributed by atoms with Crippen molar-refractivity contribution in [1.82, 2.24) is 0 Å². The number of allylic oxidation sites excluding steroid dienone is 2. The van der Waals surface area contributed by atoms with Gasteiger partial charge < -0.3 is 0 Å². The lowest BCUT2D eigenvalue weighted by molar-refractivity contribution is -0.122. The molecule has 1 heteroatoms. The lowest BCUT2D eigenvalue weighted by Gasteiger charge is -2.15. The number of Topliss-reactive ketones (excluding diaryl/α,β-unsaturated/α-hetero) is 1. The van der Waals surface area contributed by atoms with E-state index in [1.54, 1.807) is 6.08 Å². The maximum atomic E-state index is 11.2. The Bertz CT molecular complexity index is 207. The van der Waals surface area contributed by atoms with Crippen molar-refractivity contribution in [3.05, 3.63) is 12.2 Å². The number of carbonyl (C=O) groups excluding carboxylic acids is 1. The molecule has 1 atom stereocenters. The molecular formula is C10H12O. The first-order valence-electron chi connectivity index (χ1n) is 4.00. The zero-order chi connectivity index (χ0) is 8.10. The smallest absolute Gasteiger partial charge is 0.139 e. The van der Waals surface area contributed by atoms with E-state index in [1.165, 1.54) is 0 Å². The van der Waals surface area contributed by atoms with Gasteiger partial charge in [-0.2, -0.15) is 0 Å². The van der Waals surface area contributed by atoms with Crippen LogP contribution in [0, 0.1) is 18.3 Å². The Morgan fingerprint density at radius 3 is 3.00 bits per heavy atom. The van der Waals surface area contributed by atoms with Crippen LogP contribution in [0.2, 0.25) is 0 Å². The lowest BCUT2D eigenvalue weighted by atomic mass is 9.88. The molecule has 0 aromatic rings. The normalized spacial score (nSPS) is 25.4. The van der Waals surface area contributed by atoms with Gasteiger partial charge in [-0.05, 0) is 18.9 Å². The van der Waals surface area contributed by atoms with Crippen molar-refractivity contribution in [2.24, 2.45) is 5.92 Å². The molecule has 0 aromatic heterocycles. The van der Waals surface area contributed by atoms with E-state index in [2.05, 4.69) is 5.92 Å². The third-order valence-corrected chi connectivity index (χ3v) is 2.03. The number of hydrogen-bond donors (Lipinski definition) is 0. The van der Waals surface area contributed by atoms with Crippen LogP contribution in [0.25, 0.3) is 0 Å². The van der Waals surface area contributed by atoms with Gasteiger partial charge >= 0.3 is 0 Å². The molecule has 1 saturated carbocycles. The van der Waals surface area contributed by atoms with Gasteiger partial charge in [0.2, 0.25) is 0 Å². The van der Waals surface area contributed by atoms with E-state index in [0.29, 0.717) is 5.78 Å². The van der Waals surface area contributed by atoms with Crippen LogP contribution >= 0.6 is 0 Å². The number of terminal acetylenes is 1. The first kappa shape index (κ1) is 8.07. The summed E-state index contributed by atoms with van der Waals surface area (Å²) >= 11 is 0. The predicted octanol–water partition coefficient (Wildman–Crippen LogP) is 1.94. The molecule has 1 fully saturated rings. The summed E-state index contributed by atoms with van der Waals surface area (Å²) in [7, 11) is 0. The monoisotopic (exact) mass is 148 g/mol. The second kappa shape index (κ2) is 3.98. The van der Waals surface area contributed by atoms with Crippen molar-refractivity contribution in [3.63, 3.8) is 0 Å². The van der Waals surface area contributed by atoms with Gasteiger partial charge in [0, 0.05) is 12.3 Å². The summed E-state index contributed by atoms with van der Waals surface area (Å²) in [5, 5.41) is 0. The maximum absolute atomic E-state index is 11.2. The molecule has 0 heterocycles. The van der Waals surface area contributed by atoms with E-state index < -0.39 is 0 Å². The summed E-state index contributed by atoms with van der Waals surface area (Å²) in [6, 6.07) is 0. The SMILES string of the molecule is C#CC=CC1CCCCC1=O. The highest BCUT2D eigenvalue weighted by atomic mass is 16.1. The van der Waals surface area contributed by atoms with E-state index in [4.69, 9.17) is 6.42 Å². The Morgan fingerprint density at radius 1 is 1.55 bits per heavy atom. The molecule has 0 saturated heterocycles. The van der Waals surface area contributed by atoms with E-state index >= 15 is 0 Å². The number of rotatable bonds is 1. The number of ketones is 1. The topological polar surface area (TPSA) is 17.1 Å². The minimum atomic E-state index is 0.111. The van der Waals surface area contributed by atoms with Gasteiger partial charge in [0.05, 0.1) is 0 Å². The van der Waals surface area contributed by atoms with E-state index in [9.17, 15) is 4.79 Å². The van der Waals surface area contributed by atoms with Crippen molar-refractivity contribution in [3.8, 4) is 12.3 Å². The molecule has 1 rings (SSSR count). The van der Waals surface area contributed by atoms with Gasteiger partial charge in [-0.15, -0.1) is 6.42 Å². The first-order chi connectivity index (χ1) is 5.34. The van der Waals surface area contributed by atoms with Crippen molar-refractivity contribution < 1.29 is 4.79 Å². The minimum absolute atomic E-state index is 0.111. The Kier molecular flexibility index (Phi) is 2.92. The zero-order valence-corrected chi connectivity index (χ0v) is 6.55. The van der Waals surface area contributed by atoms with Gasteiger partial charge in [-0.3, -0.25) is 4.79 Å². The fourth-order valence-corrected chi connectivity index (χ4v) is 1.39. The highest BCUT2D eigenvalue weighted by molar-refractivity contribution is 5.83. The molecule has 1 aliphatic carbocycles. The number of hydrogen-bond acceptors (Lipinski definition) is 1. The Hall–Kier alpha value is -1.03. The molecule has 0 aromatic carbocycles. The quantitative estimate of drug-likeness (QED) is 0.519. The van der Waals surface area contributed by atoms with Crippen LogP contribution < -0.4 is 0 Å². The molecule has 0 amide bonds. The van der Waals surface area contributed by atoms with Crippen molar-refractivity contribution >= 4 is 5.78 Å². The van der Waals surface area contributed by atoms with Crippen molar-refractivity contribution in [2.75, 3.05) is 0 Å². The van der Waals surface area contributed by atoms with Crippen LogP contribution in [0.3, 0.4) is 0 Å². The maximum Gasteiger partial charge on any atom is 0.139 e. The summed E-state index contributed by atoms with van der Waals surface area (Å²) in [5.74, 6) is 2.86. The van der Waals surface area contributed by atoms with Gasteiger partial charge in [0.25, 0.3) is 0 Å². The molecule has 1 unspecified atom stereocenters. The molecule has 0 N–H and O–H groups in total. The second-order valence-corrected chi connectivity index (χ2v) is 2.84. The van der Waals surface area contributed by atoms with Gasteiger partial charge in [-0.1, -0.05) is 18.4 Å². The average molecular weight is 148 g/mol. The summed E-state index contributed by atoms with van der Waals surface area (Å²) in [5.41, 5.74) is 0. The first-order valence-corrected chi connectivity index (χ1v) is 4.00. The largest absolute Gasteiger partial charge is 0.299 e. The van der Waals surface area contributed by atoms with Crippen LogP contribution in [0.15, 0.2) is 12.2 Å². The van der Waals surface area contributed by atoms with Crippen LogP contribution in [0.1, 0.15) is 25.7 Å². The van der Waals surface area contributed by atoms with E-state index in [-0.39, 0.29) is 5.92 Å². The third-order valence-electron chi connectivity index (χ3n) is 2.03. The minimum Gasteiger partial charge on any atom is -0.299 e. The molecule has 0 bridgehead atoms. The molecule has 1 nitrogen and oxygen atoms in total. The molecule has 11 heavy (non-hydrogen) atoms. The Labute approximate surface area is 67.5 Å². The van der Waals surface area contributed by atoms with Crippen LogP contribution in [0.5, 0.6) is 0 Å². The summed E-state index contributed by atoms with van der Waals surface area (Å²) in [6.07, 6.45) is 12.5. The highest BCUT2D eigenvalue weighted by Crippen LogP contribution is 2.21.